The molecule has 2 heteroatoms. The highest BCUT2D eigenvalue weighted by atomic mass is 15.2. The molecule has 0 aliphatic carbocycles. The normalized spacial score (nSPS) is 26.0. The molecule has 0 amide bonds. The first-order valence-electron chi connectivity index (χ1n) is 6.87. The molecular weight excluding hydrogens is 208 g/mol. The van der Waals surface area contributed by atoms with Gasteiger partial charge in [0.2, 0.25) is 0 Å². The molecule has 2 atom stereocenters. The quantitative estimate of drug-likeness (QED) is 0.858. The van der Waals surface area contributed by atoms with E-state index in [0.717, 1.165) is 6.54 Å². The van der Waals surface area contributed by atoms with Gasteiger partial charge in [-0.15, -0.1) is 0 Å². The summed E-state index contributed by atoms with van der Waals surface area (Å²) >= 11 is 0. The highest BCUT2D eigenvalue weighted by Crippen LogP contribution is 2.24. The lowest BCUT2D eigenvalue weighted by molar-refractivity contribution is 0.128. The molecule has 1 fully saturated rings. The van der Waals surface area contributed by atoms with Crippen molar-refractivity contribution >= 4 is 0 Å². The molecular formula is C15H24N2. The molecule has 1 aliphatic heterocycles. The number of nitrogens with zero attached hydrogens (tertiary/aromatic N) is 1. The molecule has 0 spiro atoms. The number of benzene rings is 1. The molecule has 94 valence electrons. The van der Waals surface area contributed by atoms with Gasteiger partial charge < -0.3 is 5.32 Å². The van der Waals surface area contributed by atoms with Crippen LogP contribution in [0.5, 0.6) is 0 Å². The fraction of sp³-hybridized carbons (Fsp3) is 0.600. The van der Waals surface area contributed by atoms with Gasteiger partial charge in [-0.2, -0.15) is 0 Å². The predicted octanol–water partition coefficient (Wildman–Crippen LogP) is 2.82. The number of nitrogens with one attached hydrogen (secondary N) is 1. The molecule has 17 heavy (non-hydrogen) atoms. The van der Waals surface area contributed by atoms with Crippen LogP contribution in [0.3, 0.4) is 0 Å². The first kappa shape index (κ1) is 12.6. The van der Waals surface area contributed by atoms with Gasteiger partial charge in [0.25, 0.3) is 0 Å². The second-order valence-corrected chi connectivity index (χ2v) is 4.93. The zero-order valence-electron chi connectivity index (χ0n) is 11.0. The summed E-state index contributed by atoms with van der Waals surface area (Å²) in [6.45, 7) is 8.01. The summed E-state index contributed by atoms with van der Waals surface area (Å²) < 4.78 is 0. The third kappa shape index (κ3) is 3.08. The first-order chi connectivity index (χ1) is 8.35. The monoisotopic (exact) mass is 232 g/mol. The lowest BCUT2D eigenvalue weighted by atomic mass is 10.00. The topological polar surface area (TPSA) is 15.3 Å². The summed E-state index contributed by atoms with van der Waals surface area (Å²) in [6, 6.07) is 12.1. The maximum absolute atomic E-state index is 3.66. The Morgan fingerprint density at radius 3 is 2.65 bits per heavy atom. The lowest BCUT2D eigenvalue weighted by Gasteiger charge is -2.40. The van der Waals surface area contributed by atoms with Crippen molar-refractivity contribution in [3.63, 3.8) is 0 Å². The number of rotatable bonds is 4. The van der Waals surface area contributed by atoms with Crippen molar-refractivity contribution < 1.29 is 0 Å². The standard InChI is InChI=1S/C15H24N2/c1-3-10-17-12-14(4-2)16-11-15(17)13-8-6-5-7-9-13/h5-9,14-16H,3-4,10-12H2,1-2H3. The lowest BCUT2D eigenvalue weighted by Crippen LogP contribution is -2.52. The van der Waals surface area contributed by atoms with E-state index < -0.39 is 0 Å². The predicted molar refractivity (Wildman–Crippen MR) is 73.1 cm³/mol. The average Bonchev–Trinajstić information content (AvgIpc) is 2.40. The molecule has 0 saturated carbocycles. The van der Waals surface area contributed by atoms with Crippen LogP contribution in [0.15, 0.2) is 30.3 Å². The fourth-order valence-corrected chi connectivity index (χ4v) is 2.69. The Hall–Kier alpha value is -0.860. The minimum absolute atomic E-state index is 0.555. The van der Waals surface area contributed by atoms with Crippen molar-refractivity contribution in [2.75, 3.05) is 19.6 Å². The Balaban J connectivity index is 2.10. The van der Waals surface area contributed by atoms with E-state index in [1.54, 1.807) is 0 Å². The van der Waals surface area contributed by atoms with Crippen LogP contribution < -0.4 is 5.32 Å². The van der Waals surface area contributed by atoms with Crippen LogP contribution in [0.4, 0.5) is 0 Å². The van der Waals surface area contributed by atoms with Gasteiger partial charge in [-0.25, -0.2) is 0 Å². The van der Waals surface area contributed by atoms with Crippen LogP contribution in [0, 0.1) is 0 Å². The van der Waals surface area contributed by atoms with Crippen LogP contribution in [-0.4, -0.2) is 30.6 Å². The third-order valence-corrected chi connectivity index (χ3v) is 3.68. The van der Waals surface area contributed by atoms with E-state index in [4.69, 9.17) is 0 Å². The molecule has 2 nitrogen and oxygen atoms in total. The Morgan fingerprint density at radius 2 is 2.00 bits per heavy atom. The summed E-state index contributed by atoms with van der Waals surface area (Å²) in [5.41, 5.74) is 1.45. The van der Waals surface area contributed by atoms with Gasteiger partial charge in [0, 0.05) is 25.2 Å². The van der Waals surface area contributed by atoms with E-state index in [9.17, 15) is 0 Å². The van der Waals surface area contributed by atoms with Crippen LogP contribution in [0.1, 0.15) is 38.3 Å². The van der Waals surface area contributed by atoms with Crippen molar-refractivity contribution in [1.29, 1.82) is 0 Å². The second kappa shape index (κ2) is 6.18. The zero-order valence-corrected chi connectivity index (χ0v) is 11.0. The van der Waals surface area contributed by atoms with Crippen LogP contribution in [0.2, 0.25) is 0 Å². The Morgan fingerprint density at radius 1 is 1.24 bits per heavy atom. The van der Waals surface area contributed by atoms with Crippen molar-refractivity contribution in [3.8, 4) is 0 Å². The van der Waals surface area contributed by atoms with Gasteiger partial charge >= 0.3 is 0 Å². The summed E-state index contributed by atoms with van der Waals surface area (Å²) in [6.07, 6.45) is 2.46. The third-order valence-electron chi connectivity index (χ3n) is 3.68. The number of hydrogen-bond donors (Lipinski definition) is 1. The molecule has 2 unspecified atom stereocenters. The van der Waals surface area contributed by atoms with Crippen molar-refractivity contribution in [2.45, 2.75) is 38.8 Å². The number of piperazine rings is 1. The SMILES string of the molecule is CCCN1CC(CC)NCC1c1ccccc1. The molecule has 1 aromatic rings. The summed E-state index contributed by atoms with van der Waals surface area (Å²) in [5.74, 6) is 0. The Kier molecular flexibility index (Phi) is 4.57. The van der Waals surface area contributed by atoms with E-state index in [1.165, 1.54) is 31.5 Å². The van der Waals surface area contributed by atoms with E-state index in [2.05, 4.69) is 54.4 Å². The van der Waals surface area contributed by atoms with Gasteiger partial charge in [0.1, 0.15) is 0 Å². The van der Waals surface area contributed by atoms with Crippen molar-refractivity contribution in [1.82, 2.24) is 10.2 Å². The smallest absolute Gasteiger partial charge is 0.0473 e. The first-order valence-corrected chi connectivity index (χ1v) is 6.87. The minimum Gasteiger partial charge on any atom is -0.311 e. The average molecular weight is 232 g/mol. The largest absolute Gasteiger partial charge is 0.311 e. The molecule has 0 radical (unpaired) electrons. The molecule has 0 bridgehead atoms. The van der Waals surface area contributed by atoms with E-state index in [1.807, 2.05) is 0 Å². The summed E-state index contributed by atoms with van der Waals surface area (Å²) in [5, 5.41) is 3.66. The molecule has 2 rings (SSSR count). The van der Waals surface area contributed by atoms with Crippen LogP contribution in [-0.2, 0) is 0 Å². The molecule has 1 heterocycles. The molecule has 1 N–H and O–H groups in total. The Bertz CT molecular complexity index is 323. The van der Waals surface area contributed by atoms with E-state index in [-0.39, 0.29) is 0 Å². The maximum atomic E-state index is 3.66. The van der Waals surface area contributed by atoms with Gasteiger partial charge in [-0.3, -0.25) is 4.90 Å². The van der Waals surface area contributed by atoms with Crippen LogP contribution in [0.25, 0.3) is 0 Å². The summed E-state index contributed by atoms with van der Waals surface area (Å²) in [7, 11) is 0. The van der Waals surface area contributed by atoms with Crippen molar-refractivity contribution in [2.24, 2.45) is 0 Å². The molecule has 1 saturated heterocycles. The molecule has 0 aromatic heterocycles. The van der Waals surface area contributed by atoms with E-state index in [0.29, 0.717) is 12.1 Å². The summed E-state index contributed by atoms with van der Waals surface area (Å²) in [4.78, 5) is 2.64. The fourth-order valence-electron chi connectivity index (χ4n) is 2.69. The minimum atomic E-state index is 0.555. The van der Waals surface area contributed by atoms with Gasteiger partial charge in [0.05, 0.1) is 0 Å². The van der Waals surface area contributed by atoms with Crippen molar-refractivity contribution in [3.05, 3.63) is 35.9 Å². The highest BCUT2D eigenvalue weighted by molar-refractivity contribution is 5.20. The molecule has 1 aliphatic rings. The molecule has 1 aromatic carbocycles. The number of hydrogen-bond acceptors (Lipinski definition) is 2. The highest BCUT2D eigenvalue weighted by Gasteiger charge is 2.27. The zero-order chi connectivity index (χ0) is 12.1. The van der Waals surface area contributed by atoms with Crippen LogP contribution >= 0.6 is 0 Å². The second-order valence-electron chi connectivity index (χ2n) is 4.93. The Labute approximate surface area is 105 Å². The van der Waals surface area contributed by atoms with Gasteiger partial charge in [-0.1, -0.05) is 44.2 Å². The maximum Gasteiger partial charge on any atom is 0.0473 e. The van der Waals surface area contributed by atoms with Gasteiger partial charge in [-0.05, 0) is 24.9 Å². The van der Waals surface area contributed by atoms with E-state index >= 15 is 0 Å². The van der Waals surface area contributed by atoms with Gasteiger partial charge in [0.15, 0.2) is 0 Å².